The van der Waals surface area contributed by atoms with Gasteiger partial charge >= 0.3 is 9.92 Å². The van der Waals surface area contributed by atoms with E-state index in [0.717, 1.165) is 33.6 Å². The predicted octanol–water partition coefficient (Wildman–Crippen LogP) is 4.13. The number of hydrogen-bond donors (Lipinski definition) is 2. The number of aryl methyl sites for hydroxylation is 2. The summed E-state index contributed by atoms with van der Waals surface area (Å²) in [6.07, 6.45) is 11.9. The highest BCUT2D eigenvalue weighted by Gasteiger charge is 2.17. The summed E-state index contributed by atoms with van der Waals surface area (Å²) in [5.41, 5.74) is 12.2. The number of hydrogen-bond acceptors (Lipinski definition) is 5. The first-order chi connectivity index (χ1) is 18.6. The van der Waals surface area contributed by atoms with Crippen molar-refractivity contribution in [3.63, 3.8) is 0 Å². The topological polar surface area (TPSA) is 66.8 Å². The van der Waals surface area contributed by atoms with E-state index in [0.29, 0.717) is 5.11 Å². The highest BCUT2D eigenvalue weighted by Crippen LogP contribution is 2.22. The minimum Gasteiger partial charge on any atom is -0.252 e. The average Bonchev–Trinajstić information content (AvgIpc) is 3.70. The summed E-state index contributed by atoms with van der Waals surface area (Å²) in [5.74, 6) is 0. The van der Waals surface area contributed by atoms with Crippen molar-refractivity contribution < 1.29 is 8.80 Å². The van der Waals surface area contributed by atoms with Crippen LogP contribution in [0.3, 0.4) is 0 Å². The van der Waals surface area contributed by atoms with Crippen LogP contribution in [0, 0.1) is 0 Å². The lowest BCUT2D eigenvalue weighted by Gasteiger charge is -2.02. The van der Waals surface area contributed by atoms with E-state index in [2.05, 4.69) is 113 Å². The Morgan fingerprint density at radius 2 is 1.16 bits per heavy atom. The first-order valence-electron chi connectivity index (χ1n) is 11.8. The number of aromatic nitrogens is 4. The van der Waals surface area contributed by atoms with Crippen LogP contribution in [-0.2, 0) is 14.1 Å². The van der Waals surface area contributed by atoms with Crippen LogP contribution in [0.4, 0.5) is 0 Å². The number of hydrazone groups is 2. The van der Waals surface area contributed by atoms with E-state index in [9.17, 15) is 0 Å². The van der Waals surface area contributed by atoms with Gasteiger partial charge in [0.2, 0.25) is 5.11 Å². The van der Waals surface area contributed by atoms with Crippen molar-refractivity contribution in [3.05, 3.63) is 95.2 Å². The maximum absolute atomic E-state index is 5.27. The summed E-state index contributed by atoms with van der Waals surface area (Å²) in [7, 11) is 4.16. The van der Waals surface area contributed by atoms with Gasteiger partial charge in [-0.15, -0.1) is 0 Å². The zero-order valence-corrected chi connectivity index (χ0v) is 23.1. The minimum atomic E-state index is 0.313. The monoisotopic (exact) mass is 556 g/mol. The van der Waals surface area contributed by atoms with Gasteiger partial charge in [0.1, 0.15) is 24.8 Å². The van der Waals surface area contributed by atoms with E-state index >= 15 is 0 Å². The molecule has 0 amide bonds. The van der Waals surface area contributed by atoms with Gasteiger partial charge in [-0.3, -0.25) is 10.9 Å². The number of thiazole rings is 2. The fourth-order valence-corrected chi connectivity index (χ4v) is 6.00. The normalized spacial score (nSPS) is 11.8. The Kier molecular flexibility index (Phi) is 6.54. The third kappa shape index (κ3) is 4.74. The Bertz CT molecular complexity index is 1670. The molecule has 0 fully saturated rings. The zero-order valence-electron chi connectivity index (χ0n) is 20.6. The fourth-order valence-electron chi connectivity index (χ4n) is 4.28. The van der Waals surface area contributed by atoms with E-state index in [1.807, 2.05) is 24.3 Å². The largest absolute Gasteiger partial charge is 0.345 e. The molecule has 0 unspecified atom stereocenters. The van der Waals surface area contributed by atoms with Crippen molar-refractivity contribution in [2.24, 2.45) is 24.3 Å². The molecule has 8 nitrogen and oxygen atoms in total. The third-order valence-electron chi connectivity index (χ3n) is 6.22. The van der Waals surface area contributed by atoms with Crippen LogP contribution >= 0.6 is 34.9 Å². The van der Waals surface area contributed by atoms with Gasteiger partial charge in [-0.25, -0.2) is 9.13 Å². The van der Waals surface area contributed by atoms with Crippen LogP contribution < -0.4 is 19.7 Å². The third-order valence-corrected chi connectivity index (χ3v) is 8.31. The van der Waals surface area contributed by atoms with Gasteiger partial charge in [-0.1, -0.05) is 46.9 Å². The Morgan fingerprint density at radius 1 is 0.737 bits per heavy atom. The lowest BCUT2D eigenvalue weighted by Crippen LogP contribution is -2.28. The molecule has 0 aliphatic carbocycles. The molecule has 4 aromatic heterocycles. The molecule has 38 heavy (non-hydrogen) atoms. The van der Waals surface area contributed by atoms with Gasteiger partial charge in [-0.05, 0) is 47.6 Å². The molecule has 2 aromatic carbocycles. The molecule has 6 aromatic rings. The first kappa shape index (κ1) is 24.2. The van der Waals surface area contributed by atoms with Crippen LogP contribution in [0.25, 0.3) is 32.4 Å². The van der Waals surface area contributed by atoms with Gasteiger partial charge in [0.05, 0.1) is 26.5 Å². The second-order valence-electron chi connectivity index (χ2n) is 8.65. The Morgan fingerprint density at radius 3 is 1.55 bits per heavy atom. The van der Waals surface area contributed by atoms with E-state index in [4.69, 9.17) is 12.2 Å². The molecule has 0 aliphatic heterocycles. The molecule has 188 valence electrons. The number of rotatable bonds is 6. The molecule has 0 saturated carbocycles. The molecule has 0 atom stereocenters. The summed E-state index contributed by atoms with van der Waals surface area (Å²) >= 11 is 8.71. The standard InChI is InChI=1S/C27H23N8S3/c1-32-23(17-34-11-13-37-26(32)34)21-7-3-19(4-8-21)15-28-30-25(36)31-29-16-20-5-9-22(10-6-20)24-18-35-12-14-38-27(35)33(24)2/h3-18H,1-2H3,(H-,30,31,36)/q+1/p+1. The van der Waals surface area contributed by atoms with Crippen molar-refractivity contribution in [1.29, 1.82) is 0 Å². The van der Waals surface area contributed by atoms with Gasteiger partial charge in [0.15, 0.2) is 11.4 Å². The lowest BCUT2D eigenvalue weighted by atomic mass is 10.1. The highest BCUT2D eigenvalue weighted by molar-refractivity contribution is 7.80. The minimum absolute atomic E-state index is 0.313. The van der Waals surface area contributed by atoms with Crippen molar-refractivity contribution in [1.82, 2.24) is 20.0 Å². The van der Waals surface area contributed by atoms with E-state index in [1.54, 1.807) is 35.1 Å². The summed E-state index contributed by atoms with van der Waals surface area (Å²) in [6.45, 7) is 0. The van der Waals surface area contributed by atoms with Crippen molar-refractivity contribution in [2.75, 3.05) is 0 Å². The second kappa shape index (κ2) is 10.3. The fraction of sp³-hybridized carbons (Fsp3) is 0.0741. The molecule has 6 rings (SSSR count). The highest BCUT2D eigenvalue weighted by atomic mass is 32.1. The second-order valence-corrected chi connectivity index (χ2v) is 10.8. The zero-order chi connectivity index (χ0) is 26.1. The summed E-state index contributed by atoms with van der Waals surface area (Å²) in [6, 6.07) is 16.5. The number of nitrogens with zero attached hydrogens (tertiary/aromatic N) is 6. The number of imidazole rings is 2. The van der Waals surface area contributed by atoms with Crippen molar-refractivity contribution in [2.45, 2.75) is 0 Å². The average molecular weight is 557 g/mol. The van der Waals surface area contributed by atoms with Crippen LogP contribution in [0.2, 0.25) is 0 Å². The SMILES string of the molecule is Cn1c(-c2ccc(C=NNC(=S)NN=Cc3ccc(-c4c[n+]5ccsc5n4C)cc3)cc2)c[n+]2ccsc12. The van der Waals surface area contributed by atoms with Crippen LogP contribution in [-0.4, -0.2) is 26.7 Å². The Hall–Kier alpha value is -4.19. The number of nitrogens with one attached hydrogen (secondary N) is 2. The van der Waals surface area contributed by atoms with Gasteiger partial charge < -0.3 is 0 Å². The smallest absolute Gasteiger partial charge is 0.252 e. The molecular weight excluding hydrogens is 533 g/mol. The van der Waals surface area contributed by atoms with Gasteiger partial charge in [0, 0.05) is 21.9 Å². The molecule has 0 spiro atoms. The summed E-state index contributed by atoms with van der Waals surface area (Å²) in [5, 5.41) is 12.9. The molecular formula is C27H24N8S3+2. The Balaban J connectivity index is 1.01. The summed E-state index contributed by atoms with van der Waals surface area (Å²) < 4.78 is 8.66. The maximum Gasteiger partial charge on any atom is 0.345 e. The van der Waals surface area contributed by atoms with Gasteiger partial charge in [0.25, 0.3) is 0 Å². The van der Waals surface area contributed by atoms with E-state index < -0.39 is 0 Å². The summed E-state index contributed by atoms with van der Waals surface area (Å²) in [4.78, 5) is 2.39. The molecule has 11 heteroatoms. The number of benzene rings is 2. The van der Waals surface area contributed by atoms with Crippen LogP contribution in [0.1, 0.15) is 11.1 Å². The van der Waals surface area contributed by atoms with Crippen molar-refractivity contribution in [3.8, 4) is 22.5 Å². The lowest BCUT2D eigenvalue weighted by molar-refractivity contribution is -0.505. The number of thiocarbonyl (C=S) groups is 1. The Labute approximate surface area is 232 Å². The molecule has 0 radical (unpaired) electrons. The van der Waals surface area contributed by atoms with Crippen molar-refractivity contribution >= 4 is 62.4 Å². The first-order valence-corrected chi connectivity index (χ1v) is 13.9. The maximum atomic E-state index is 5.27. The van der Waals surface area contributed by atoms with Gasteiger partial charge in [-0.2, -0.15) is 19.0 Å². The molecule has 0 aliphatic rings. The molecule has 0 saturated heterocycles. The predicted molar refractivity (Wildman–Crippen MR) is 158 cm³/mol. The quantitative estimate of drug-likeness (QED) is 0.140. The molecule has 0 bridgehead atoms. The van der Waals surface area contributed by atoms with Crippen LogP contribution in [0.5, 0.6) is 0 Å². The molecule has 2 N–H and O–H groups in total. The van der Waals surface area contributed by atoms with E-state index in [-0.39, 0.29) is 0 Å². The van der Waals surface area contributed by atoms with E-state index in [1.165, 1.54) is 9.92 Å². The number of fused-ring (bicyclic) bond motifs is 2. The molecule has 4 heterocycles. The van der Waals surface area contributed by atoms with Crippen LogP contribution in [0.15, 0.2) is 94.3 Å².